The fourth-order valence-corrected chi connectivity index (χ4v) is 2.41. The van der Waals surface area contributed by atoms with E-state index in [1.54, 1.807) is 0 Å². The number of rotatable bonds is 0. The highest BCUT2D eigenvalue weighted by Crippen LogP contribution is 2.43. The van der Waals surface area contributed by atoms with Crippen molar-refractivity contribution in [3.05, 3.63) is 22.8 Å². The molecular formula is C11H13NO. The van der Waals surface area contributed by atoms with E-state index >= 15 is 0 Å². The molecule has 1 aliphatic heterocycles. The Bertz CT molecular complexity index is 457. The van der Waals surface area contributed by atoms with Gasteiger partial charge in [0.1, 0.15) is 11.2 Å². The first kappa shape index (κ1) is 7.39. The molecule has 1 aliphatic rings. The van der Waals surface area contributed by atoms with Crippen molar-refractivity contribution in [1.82, 2.24) is 4.90 Å². The van der Waals surface area contributed by atoms with E-state index in [0.717, 1.165) is 17.7 Å². The highest BCUT2D eigenvalue weighted by atomic mass is 16.3. The van der Waals surface area contributed by atoms with Gasteiger partial charge in [-0.3, -0.25) is 4.90 Å². The molecule has 2 heteroatoms. The van der Waals surface area contributed by atoms with Gasteiger partial charge in [0.05, 0.1) is 0 Å². The molecule has 0 spiro atoms. The molecule has 2 nitrogen and oxygen atoms in total. The molecule has 2 aromatic rings. The fourth-order valence-electron chi connectivity index (χ4n) is 2.41. The molecule has 0 radical (unpaired) electrons. The van der Waals surface area contributed by atoms with Crippen molar-refractivity contribution in [3.63, 3.8) is 0 Å². The standard InChI is InChI=1S/C11H13NO/c1-6-4-9-10-7(2)12(3)5-8(10)11(6)13-9/h4,7H,5H2,1-3H3. The van der Waals surface area contributed by atoms with E-state index in [9.17, 15) is 0 Å². The van der Waals surface area contributed by atoms with E-state index < -0.39 is 0 Å². The van der Waals surface area contributed by atoms with Gasteiger partial charge in [0.25, 0.3) is 0 Å². The minimum Gasteiger partial charge on any atom is -0.456 e. The Morgan fingerprint density at radius 2 is 2.31 bits per heavy atom. The fraction of sp³-hybridized carbons (Fsp3) is 0.455. The molecule has 0 saturated carbocycles. The second kappa shape index (κ2) is 2.07. The summed E-state index contributed by atoms with van der Waals surface area (Å²) in [6, 6.07) is 2.68. The molecule has 1 atom stereocenters. The molecule has 13 heavy (non-hydrogen) atoms. The van der Waals surface area contributed by atoms with Gasteiger partial charge in [0.2, 0.25) is 0 Å². The van der Waals surface area contributed by atoms with Crippen molar-refractivity contribution in [2.45, 2.75) is 26.4 Å². The van der Waals surface area contributed by atoms with Crippen molar-refractivity contribution in [2.75, 3.05) is 7.05 Å². The normalized spacial score (nSPS) is 23.2. The lowest BCUT2D eigenvalue weighted by molar-refractivity contribution is 0.285. The van der Waals surface area contributed by atoms with Gasteiger partial charge < -0.3 is 4.42 Å². The topological polar surface area (TPSA) is 16.4 Å². The average molecular weight is 175 g/mol. The molecule has 0 saturated heterocycles. The summed E-state index contributed by atoms with van der Waals surface area (Å²) in [6.07, 6.45) is 0. The van der Waals surface area contributed by atoms with Gasteiger partial charge in [-0.15, -0.1) is 0 Å². The smallest absolute Gasteiger partial charge is 0.135 e. The minimum absolute atomic E-state index is 0.520. The quantitative estimate of drug-likeness (QED) is 0.612. The van der Waals surface area contributed by atoms with Crippen LogP contribution in [0.25, 0.3) is 11.2 Å². The van der Waals surface area contributed by atoms with Gasteiger partial charge in [-0.1, -0.05) is 0 Å². The van der Waals surface area contributed by atoms with E-state index in [-0.39, 0.29) is 0 Å². The van der Waals surface area contributed by atoms with E-state index in [1.807, 2.05) is 0 Å². The number of hydrogen-bond acceptors (Lipinski definition) is 2. The third-order valence-corrected chi connectivity index (χ3v) is 3.27. The molecule has 2 bridgehead atoms. The van der Waals surface area contributed by atoms with Crippen LogP contribution in [0.2, 0.25) is 0 Å². The summed E-state index contributed by atoms with van der Waals surface area (Å²) >= 11 is 0. The number of hydrogen-bond donors (Lipinski definition) is 0. The van der Waals surface area contributed by atoms with Crippen LogP contribution < -0.4 is 0 Å². The summed E-state index contributed by atoms with van der Waals surface area (Å²) in [5.41, 5.74) is 6.35. The maximum absolute atomic E-state index is 5.71. The number of nitrogens with zero attached hydrogens (tertiary/aromatic N) is 1. The highest BCUT2D eigenvalue weighted by molar-refractivity contribution is 5.77. The first-order valence-electron chi connectivity index (χ1n) is 4.73. The first-order valence-corrected chi connectivity index (χ1v) is 4.73. The van der Waals surface area contributed by atoms with E-state index in [1.165, 1.54) is 16.7 Å². The van der Waals surface area contributed by atoms with Crippen LogP contribution in [0.1, 0.15) is 29.7 Å². The molecule has 3 rings (SSSR count). The van der Waals surface area contributed by atoms with Crippen LogP contribution in [0, 0.1) is 6.92 Å². The van der Waals surface area contributed by atoms with Crippen LogP contribution in [0.3, 0.4) is 0 Å². The third-order valence-electron chi connectivity index (χ3n) is 3.27. The van der Waals surface area contributed by atoms with Crippen LogP contribution >= 0.6 is 0 Å². The van der Waals surface area contributed by atoms with Gasteiger partial charge in [-0.2, -0.15) is 0 Å². The van der Waals surface area contributed by atoms with Gasteiger partial charge in [0.15, 0.2) is 0 Å². The molecule has 0 aliphatic carbocycles. The van der Waals surface area contributed by atoms with E-state index in [2.05, 4.69) is 31.9 Å². The molecular weight excluding hydrogens is 162 g/mol. The predicted molar refractivity (Wildman–Crippen MR) is 52.0 cm³/mol. The van der Waals surface area contributed by atoms with Crippen molar-refractivity contribution >= 4 is 11.2 Å². The second-order valence-corrected chi connectivity index (χ2v) is 4.11. The van der Waals surface area contributed by atoms with Crippen molar-refractivity contribution in [1.29, 1.82) is 0 Å². The monoisotopic (exact) mass is 175 g/mol. The largest absolute Gasteiger partial charge is 0.456 e. The zero-order chi connectivity index (χ0) is 9.16. The summed E-state index contributed by atoms with van der Waals surface area (Å²) in [4.78, 5) is 2.36. The minimum atomic E-state index is 0.520. The Hall–Kier alpha value is -1.02. The van der Waals surface area contributed by atoms with Gasteiger partial charge in [-0.25, -0.2) is 0 Å². The van der Waals surface area contributed by atoms with Crippen molar-refractivity contribution < 1.29 is 4.42 Å². The zero-order valence-corrected chi connectivity index (χ0v) is 8.22. The zero-order valence-electron chi connectivity index (χ0n) is 8.22. The van der Waals surface area contributed by atoms with Crippen LogP contribution in [0.5, 0.6) is 0 Å². The van der Waals surface area contributed by atoms with Crippen LogP contribution in [-0.2, 0) is 6.54 Å². The van der Waals surface area contributed by atoms with Crippen molar-refractivity contribution in [3.8, 4) is 0 Å². The Kier molecular flexibility index (Phi) is 1.18. The molecule has 0 N–H and O–H groups in total. The van der Waals surface area contributed by atoms with Gasteiger partial charge in [0, 0.05) is 23.7 Å². The molecule has 0 amide bonds. The van der Waals surface area contributed by atoms with Gasteiger partial charge in [-0.05, 0) is 32.5 Å². The first-order chi connectivity index (χ1) is 6.18. The lowest BCUT2D eigenvalue weighted by Gasteiger charge is -2.14. The lowest BCUT2D eigenvalue weighted by Crippen LogP contribution is -2.13. The Balaban J connectivity index is 2.33. The van der Waals surface area contributed by atoms with E-state index in [0.29, 0.717) is 6.04 Å². The van der Waals surface area contributed by atoms with E-state index in [4.69, 9.17) is 4.42 Å². The number of aryl methyl sites for hydroxylation is 1. The second-order valence-electron chi connectivity index (χ2n) is 4.11. The van der Waals surface area contributed by atoms with Crippen LogP contribution in [-0.4, -0.2) is 11.9 Å². The number of benzene rings is 1. The predicted octanol–water partition coefficient (Wildman–Crippen LogP) is 2.69. The lowest BCUT2D eigenvalue weighted by atomic mass is 10.0. The Morgan fingerprint density at radius 1 is 1.54 bits per heavy atom. The summed E-state index contributed by atoms with van der Waals surface area (Å²) in [5.74, 6) is 0. The maximum Gasteiger partial charge on any atom is 0.135 e. The molecule has 0 aromatic carbocycles. The molecule has 1 unspecified atom stereocenters. The average Bonchev–Trinajstić information content (AvgIpc) is 2.65. The number of furan rings is 2. The Morgan fingerprint density at radius 3 is 3.08 bits per heavy atom. The SMILES string of the molecule is Cc1cc2oc1c1c2C(C)N(C)C1. The summed E-state index contributed by atoms with van der Waals surface area (Å²) in [5, 5.41) is 0. The number of fused-ring (bicyclic) bond motifs is 5. The summed E-state index contributed by atoms with van der Waals surface area (Å²) < 4.78 is 5.71. The van der Waals surface area contributed by atoms with Gasteiger partial charge >= 0.3 is 0 Å². The molecule has 2 aromatic heterocycles. The summed E-state index contributed by atoms with van der Waals surface area (Å²) in [7, 11) is 2.17. The molecule has 68 valence electrons. The molecule has 0 fully saturated rings. The van der Waals surface area contributed by atoms with Crippen molar-refractivity contribution in [2.24, 2.45) is 0 Å². The third kappa shape index (κ3) is 0.724. The maximum atomic E-state index is 5.71. The van der Waals surface area contributed by atoms with Crippen LogP contribution in [0.4, 0.5) is 0 Å². The summed E-state index contributed by atoms with van der Waals surface area (Å²) in [6.45, 7) is 5.40. The van der Waals surface area contributed by atoms with Crippen LogP contribution in [0.15, 0.2) is 10.5 Å². The highest BCUT2D eigenvalue weighted by Gasteiger charge is 2.31. The Labute approximate surface area is 77.5 Å². The molecule has 3 heterocycles.